The number of aromatic nitrogens is 1. The molecule has 1 aromatic heterocycles. The topological polar surface area (TPSA) is 94.6 Å². The molecule has 0 saturated carbocycles. The minimum atomic E-state index is -1.00. The summed E-state index contributed by atoms with van der Waals surface area (Å²) in [6, 6.07) is 0. The van der Waals surface area contributed by atoms with Crippen molar-refractivity contribution in [1.82, 2.24) is 4.98 Å². The third-order valence-electron chi connectivity index (χ3n) is 1.50. The summed E-state index contributed by atoms with van der Waals surface area (Å²) in [4.78, 5) is 36.7. The van der Waals surface area contributed by atoms with Crippen molar-refractivity contribution in [3.05, 3.63) is 11.1 Å². The van der Waals surface area contributed by atoms with Crippen molar-refractivity contribution in [2.45, 2.75) is 0 Å². The molecule has 86 valence electrons. The molecule has 0 atom stereocenters. The Labute approximate surface area is 94.4 Å². The van der Waals surface area contributed by atoms with Crippen LogP contribution in [0.3, 0.4) is 0 Å². The molecule has 0 aromatic carbocycles. The molecule has 8 heteroatoms. The number of hydrogen-bond acceptors (Lipinski definition) is 7. The Hall–Kier alpha value is -1.96. The molecule has 0 saturated heterocycles. The molecule has 7 nitrogen and oxygen atoms in total. The van der Waals surface area contributed by atoms with E-state index >= 15 is 0 Å². The molecule has 1 N–H and O–H groups in total. The van der Waals surface area contributed by atoms with Crippen molar-refractivity contribution < 1.29 is 23.9 Å². The Balaban J connectivity index is 2.75. The summed E-state index contributed by atoms with van der Waals surface area (Å²) in [6.45, 7) is 0. The van der Waals surface area contributed by atoms with Gasteiger partial charge in [0, 0.05) is 5.38 Å². The van der Waals surface area contributed by atoms with Gasteiger partial charge < -0.3 is 9.47 Å². The van der Waals surface area contributed by atoms with Crippen LogP contribution in [-0.4, -0.2) is 37.0 Å². The van der Waals surface area contributed by atoms with E-state index in [0.717, 1.165) is 18.4 Å². The largest absolute Gasteiger partial charge is 0.463 e. The summed E-state index contributed by atoms with van der Waals surface area (Å²) in [7, 11) is 2.30. The number of thiazole rings is 1. The van der Waals surface area contributed by atoms with E-state index in [2.05, 4.69) is 19.8 Å². The molecule has 0 aliphatic rings. The van der Waals surface area contributed by atoms with Gasteiger partial charge in [0.15, 0.2) is 5.13 Å². The molecule has 0 bridgehead atoms. The standard InChI is InChI=1S/C8H8N2O5S/c1-14-6(12)5(11)4-3-16-7(9-4)10-8(13)15-2/h3H,1-2H3,(H,9,10,13). The summed E-state index contributed by atoms with van der Waals surface area (Å²) < 4.78 is 8.57. The zero-order chi connectivity index (χ0) is 12.1. The number of ether oxygens (including phenoxy) is 2. The number of hydrogen-bond donors (Lipinski definition) is 1. The number of carbonyl (C=O) groups excluding carboxylic acids is 3. The van der Waals surface area contributed by atoms with Crippen molar-refractivity contribution in [3.63, 3.8) is 0 Å². The Morgan fingerprint density at radius 2 is 2.00 bits per heavy atom. The van der Waals surface area contributed by atoms with Crippen LogP contribution in [-0.2, 0) is 14.3 Å². The smallest absolute Gasteiger partial charge is 0.413 e. The number of carbonyl (C=O) groups is 3. The Kier molecular flexibility index (Phi) is 3.95. The van der Waals surface area contributed by atoms with E-state index in [9.17, 15) is 14.4 Å². The van der Waals surface area contributed by atoms with E-state index in [-0.39, 0.29) is 10.8 Å². The number of anilines is 1. The Morgan fingerprint density at radius 1 is 1.31 bits per heavy atom. The van der Waals surface area contributed by atoms with E-state index in [4.69, 9.17) is 0 Å². The summed E-state index contributed by atoms with van der Waals surface area (Å²) in [5.41, 5.74) is -0.0803. The molecule has 0 aliphatic heterocycles. The van der Waals surface area contributed by atoms with Gasteiger partial charge >= 0.3 is 12.1 Å². The van der Waals surface area contributed by atoms with Crippen molar-refractivity contribution in [2.24, 2.45) is 0 Å². The fourth-order valence-corrected chi connectivity index (χ4v) is 1.45. The highest BCUT2D eigenvalue weighted by Gasteiger charge is 2.20. The quantitative estimate of drug-likeness (QED) is 0.477. The number of methoxy groups -OCH3 is 2. The van der Waals surface area contributed by atoms with Gasteiger partial charge in [-0.05, 0) is 0 Å². The number of Topliss-reactive ketones (excluding diaryl/α,β-unsaturated/α-hetero) is 1. The lowest BCUT2D eigenvalue weighted by Gasteiger charge is -1.97. The number of esters is 1. The minimum absolute atomic E-state index is 0.0803. The predicted molar refractivity (Wildman–Crippen MR) is 54.5 cm³/mol. The maximum absolute atomic E-state index is 11.3. The van der Waals surface area contributed by atoms with Gasteiger partial charge in [0.1, 0.15) is 5.69 Å². The fraction of sp³-hybridized carbons (Fsp3) is 0.250. The summed E-state index contributed by atoms with van der Waals surface area (Å²) in [5, 5.41) is 3.77. The highest BCUT2D eigenvalue weighted by Crippen LogP contribution is 2.16. The molecule has 16 heavy (non-hydrogen) atoms. The second-order valence-electron chi connectivity index (χ2n) is 2.48. The highest BCUT2D eigenvalue weighted by molar-refractivity contribution is 7.14. The number of ketones is 1. The zero-order valence-corrected chi connectivity index (χ0v) is 9.29. The molecular formula is C8H8N2O5S. The lowest BCUT2D eigenvalue weighted by Crippen LogP contribution is -2.16. The number of rotatable bonds is 3. The first-order valence-corrected chi connectivity index (χ1v) is 4.89. The predicted octanol–water partition coefficient (Wildman–Crippen LogP) is 0.677. The monoisotopic (exact) mass is 244 g/mol. The molecular weight excluding hydrogens is 236 g/mol. The molecule has 1 heterocycles. The SMILES string of the molecule is COC(=O)Nc1nc(C(=O)C(=O)OC)cs1. The van der Waals surface area contributed by atoms with Crippen LogP contribution in [0.4, 0.5) is 9.93 Å². The molecule has 1 amide bonds. The summed E-state index contributed by atoms with van der Waals surface area (Å²) >= 11 is 0.998. The van der Waals surface area contributed by atoms with E-state index in [1.165, 1.54) is 12.5 Å². The van der Waals surface area contributed by atoms with Crippen LogP contribution >= 0.6 is 11.3 Å². The van der Waals surface area contributed by atoms with E-state index in [1.807, 2.05) is 0 Å². The van der Waals surface area contributed by atoms with Crippen LogP contribution in [0.25, 0.3) is 0 Å². The average Bonchev–Trinajstić information content (AvgIpc) is 2.75. The highest BCUT2D eigenvalue weighted by atomic mass is 32.1. The van der Waals surface area contributed by atoms with Crippen molar-refractivity contribution in [1.29, 1.82) is 0 Å². The van der Waals surface area contributed by atoms with E-state index in [1.54, 1.807) is 0 Å². The fourth-order valence-electron chi connectivity index (χ4n) is 0.771. The maximum atomic E-state index is 11.3. The van der Waals surface area contributed by atoms with E-state index in [0.29, 0.717) is 0 Å². The molecule has 0 spiro atoms. The van der Waals surface area contributed by atoms with Gasteiger partial charge in [0.2, 0.25) is 0 Å². The lowest BCUT2D eigenvalue weighted by atomic mass is 10.3. The normalized spacial score (nSPS) is 9.38. The minimum Gasteiger partial charge on any atom is -0.463 e. The number of amides is 1. The number of nitrogens with zero attached hydrogens (tertiary/aromatic N) is 1. The van der Waals surface area contributed by atoms with E-state index < -0.39 is 17.8 Å². The number of nitrogens with one attached hydrogen (secondary N) is 1. The van der Waals surface area contributed by atoms with Gasteiger partial charge in [-0.3, -0.25) is 10.1 Å². The Morgan fingerprint density at radius 3 is 2.56 bits per heavy atom. The van der Waals surface area contributed by atoms with Gasteiger partial charge in [0.05, 0.1) is 14.2 Å². The first-order chi connectivity index (χ1) is 7.58. The second-order valence-corrected chi connectivity index (χ2v) is 3.33. The second kappa shape index (κ2) is 5.21. The first-order valence-electron chi connectivity index (χ1n) is 4.01. The zero-order valence-electron chi connectivity index (χ0n) is 8.47. The third kappa shape index (κ3) is 2.76. The summed E-state index contributed by atoms with van der Waals surface area (Å²) in [5.74, 6) is -1.87. The van der Waals surface area contributed by atoms with Crippen molar-refractivity contribution in [3.8, 4) is 0 Å². The molecule has 0 fully saturated rings. The Bertz CT molecular complexity index is 428. The average molecular weight is 244 g/mol. The van der Waals surface area contributed by atoms with Gasteiger partial charge in [-0.1, -0.05) is 0 Å². The van der Waals surface area contributed by atoms with Gasteiger partial charge in [-0.15, -0.1) is 11.3 Å². The molecule has 0 radical (unpaired) electrons. The molecule has 0 unspecified atom stereocenters. The van der Waals surface area contributed by atoms with Gasteiger partial charge in [-0.2, -0.15) is 0 Å². The lowest BCUT2D eigenvalue weighted by molar-refractivity contribution is -0.135. The first kappa shape index (κ1) is 12.1. The molecule has 1 aromatic rings. The van der Waals surface area contributed by atoms with Crippen LogP contribution in [0.5, 0.6) is 0 Å². The third-order valence-corrected chi connectivity index (χ3v) is 2.26. The molecule has 1 rings (SSSR count). The van der Waals surface area contributed by atoms with Gasteiger partial charge in [-0.25, -0.2) is 14.6 Å². The van der Waals surface area contributed by atoms with Gasteiger partial charge in [0.25, 0.3) is 5.78 Å². The van der Waals surface area contributed by atoms with Crippen LogP contribution in [0.15, 0.2) is 5.38 Å². The maximum Gasteiger partial charge on any atom is 0.413 e. The molecule has 0 aliphatic carbocycles. The van der Waals surface area contributed by atoms with Crippen molar-refractivity contribution >= 4 is 34.3 Å². The summed E-state index contributed by atoms with van der Waals surface area (Å²) in [6.07, 6.45) is -0.702. The van der Waals surface area contributed by atoms with Crippen LogP contribution in [0.1, 0.15) is 10.5 Å². The van der Waals surface area contributed by atoms with Crippen LogP contribution in [0.2, 0.25) is 0 Å². The van der Waals surface area contributed by atoms with Crippen LogP contribution < -0.4 is 5.32 Å². The van der Waals surface area contributed by atoms with Crippen molar-refractivity contribution in [2.75, 3.05) is 19.5 Å². The van der Waals surface area contributed by atoms with Crippen LogP contribution in [0, 0.1) is 0 Å².